The zero-order chi connectivity index (χ0) is 9.84. The quantitative estimate of drug-likeness (QED) is 0.379. The summed E-state index contributed by atoms with van der Waals surface area (Å²) in [5, 5.41) is 22.3. The summed E-state index contributed by atoms with van der Waals surface area (Å²) >= 11 is 1.30. The predicted octanol–water partition coefficient (Wildman–Crippen LogP) is 0.106. The molecule has 0 aromatic heterocycles. The molecule has 0 bridgehead atoms. The number of nitrogens with zero attached hydrogens (tertiary/aromatic N) is 3. The van der Waals surface area contributed by atoms with Gasteiger partial charge in [-0.3, -0.25) is 0 Å². The van der Waals surface area contributed by atoms with Crippen LogP contribution in [0.1, 0.15) is 0 Å². The molecule has 1 heterocycles. The van der Waals surface area contributed by atoms with Crippen LogP contribution in [-0.4, -0.2) is 46.8 Å². The van der Waals surface area contributed by atoms with E-state index in [4.69, 9.17) is 10.3 Å². The van der Waals surface area contributed by atoms with Crippen molar-refractivity contribution in [1.29, 1.82) is 0 Å². The molecule has 0 amide bonds. The highest BCUT2D eigenvalue weighted by Gasteiger charge is 2.37. The molecule has 0 aromatic carbocycles. The van der Waals surface area contributed by atoms with Gasteiger partial charge < -0.3 is 14.9 Å². The fourth-order valence-electron chi connectivity index (χ4n) is 1.19. The Kier molecular flexibility index (Phi) is 3.83. The lowest BCUT2D eigenvalue weighted by Gasteiger charge is -2.34. The van der Waals surface area contributed by atoms with Gasteiger partial charge in [0.15, 0.2) is 0 Å². The summed E-state index contributed by atoms with van der Waals surface area (Å²) in [6.07, 6.45) is -1.75. The van der Waals surface area contributed by atoms with E-state index in [9.17, 15) is 10.2 Å². The first-order valence-corrected chi connectivity index (χ1v) is 4.80. The molecule has 0 aliphatic carbocycles. The maximum atomic E-state index is 9.56. The first-order chi connectivity index (χ1) is 6.20. The topological polar surface area (TPSA) is 98.5 Å². The lowest BCUT2D eigenvalue weighted by molar-refractivity contribution is -0.0107. The van der Waals surface area contributed by atoms with E-state index in [1.807, 2.05) is 0 Å². The van der Waals surface area contributed by atoms with E-state index in [0.717, 1.165) is 0 Å². The zero-order valence-electron chi connectivity index (χ0n) is 7.07. The maximum absolute atomic E-state index is 9.56. The van der Waals surface area contributed by atoms with Crippen molar-refractivity contribution in [1.82, 2.24) is 0 Å². The number of hydrogen-bond donors (Lipinski definition) is 2. The van der Waals surface area contributed by atoms with E-state index >= 15 is 0 Å². The Morgan fingerprint density at radius 3 is 2.85 bits per heavy atom. The second-order valence-electron chi connectivity index (χ2n) is 2.69. The summed E-state index contributed by atoms with van der Waals surface area (Å²) in [6.45, 7) is 0. The van der Waals surface area contributed by atoms with Gasteiger partial charge in [-0.15, -0.1) is 11.8 Å². The lowest BCUT2D eigenvalue weighted by Crippen LogP contribution is -2.48. The van der Waals surface area contributed by atoms with Gasteiger partial charge in [-0.1, -0.05) is 5.11 Å². The standard InChI is InChI=1S/C6H11N3O3S/c1-12-6-5(11)4(8-9-7)3(10)2-13-6/h3-6,10-11H,2H2,1H3/t3-,4+,5-,6+/m1/s1. The Bertz CT molecular complexity index is 221. The monoisotopic (exact) mass is 205 g/mol. The molecular weight excluding hydrogens is 194 g/mol. The summed E-state index contributed by atoms with van der Waals surface area (Å²) in [4.78, 5) is 2.57. The van der Waals surface area contributed by atoms with Gasteiger partial charge in [-0.25, -0.2) is 0 Å². The van der Waals surface area contributed by atoms with Crippen molar-refractivity contribution in [2.45, 2.75) is 23.7 Å². The number of azide groups is 1. The van der Waals surface area contributed by atoms with Crippen molar-refractivity contribution in [2.24, 2.45) is 5.11 Å². The Morgan fingerprint density at radius 2 is 2.31 bits per heavy atom. The molecule has 0 radical (unpaired) electrons. The highest BCUT2D eigenvalue weighted by atomic mass is 32.2. The van der Waals surface area contributed by atoms with Gasteiger partial charge >= 0.3 is 0 Å². The minimum absolute atomic E-state index is 0.402. The molecule has 7 heteroatoms. The van der Waals surface area contributed by atoms with Crippen LogP contribution in [0.3, 0.4) is 0 Å². The highest BCUT2D eigenvalue weighted by Crippen LogP contribution is 2.28. The summed E-state index contributed by atoms with van der Waals surface area (Å²) < 4.78 is 4.95. The second kappa shape index (κ2) is 4.69. The molecular formula is C6H11N3O3S. The Balaban J connectivity index is 2.71. The second-order valence-corrected chi connectivity index (χ2v) is 3.82. The van der Waals surface area contributed by atoms with Gasteiger partial charge in [-0.05, 0) is 5.53 Å². The number of ether oxygens (including phenoxy) is 1. The van der Waals surface area contributed by atoms with E-state index in [1.165, 1.54) is 18.9 Å². The minimum Gasteiger partial charge on any atom is -0.392 e. The molecule has 0 unspecified atom stereocenters. The van der Waals surface area contributed by atoms with Crippen molar-refractivity contribution in [3.63, 3.8) is 0 Å². The predicted molar refractivity (Wildman–Crippen MR) is 48.2 cm³/mol. The fraction of sp³-hybridized carbons (Fsp3) is 1.00. The molecule has 0 spiro atoms. The largest absolute Gasteiger partial charge is 0.392 e. The lowest BCUT2D eigenvalue weighted by atomic mass is 10.1. The van der Waals surface area contributed by atoms with E-state index in [2.05, 4.69) is 10.0 Å². The van der Waals surface area contributed by atoms with Crippen LogP contribution >= 0.6 is 11.8 Å². The number of thioether (sulfide) groups is 1. The molecule has 1 rings (SSSR count). The molecule has 1 fully saturated rings. The molecule has 13 heavy (non-hydrogen) atoms. The van der Waals surface area contributed by atoms with Gasteiger partial charge in [0, 0.05) is 17.8 Å². The molecule has 6 nitrogen and oxygen atoms in total. The average Bonchev–Trinajstić information content (AvgIpc) is 2.12. The van der Waals surface area contributed by atoms with Gasteiger partial charge in [0.2, 0.25) is 0 Å². The Morgan fingerprint density at radius 1 is 1.62 bits per heavy atom. The van der Waals surface area contributed by atoms with Crippen molar-refractivity contribution in [3.8, 4) is 0 Å². The van der Waals surface area contributed by atoms with Gasteiger partial charge in [-0.2, -0.15) is 0 Å². The molecule has 4 atom stereocenters. The van der Waals surface area contributed by atoms with Crippen LogP contribution in [0.4, 0.5) is 0 Å². The number of aliphatic hydroxyl groups is 2. The Hall–Kier alpha value is -0.460. The molecule has 1 saturated heterocycles. The van der Waals surface area contributed by atoms with Gasteiger partial charge in [0.25, 0.3) is 0 Å². The highest BCUT2D eigenvalue weighted by molar-refractivity contribution is 7.99. The van der Waals surface area contributed by atoms with Crippen LogP contribution in [0, 0.1) is 0 Å². The maximum Gasteiger partial charge on any atom is 0.129 e. The normalized spacial score (nSPS) is 39.6. The Labute approximate surface area is 79.5 Å². The molecule has 1 aliphatic heterocycles. The molecule has 74 valence electrons. The van der Waals surface area contributed by atoms with E-state index in [-0.39, 0.29) is 0 Å². The number of hydrogen-bond acceptors (Lipinski definition) is 5. The zero-order valence-corrected chi connectivity index (χ0v) is 7.89. The first-order valence-electron chi connectivity index (χ1n) is 3.75. The molecule has 1 aliphatic rings. The van der Waals surface area contributed by atoms with E-state index in [1.54, 1.807) is 0 Å². The van der Waals surface area contributed by atoms with E-state index in [0.29, 0.717) is 5.75 Å². The van der Waals surface area contributed by atoms with Crippen LogP contribution in [0.2, 0.25) is 0 Å². The molecule has 0 aromatic rings. The molecule has 0 saturated carbocycles. The van der Waals surface area contributed by atoms with Crippen LogP contribution in [0.15, 0.2) is 5.11 Å². The minimum atomic E-state index is -0.949. The van der Waals surface area contributed by atoms with Crippen LogP contribution in [-0.2, 0) is 4.74 Å². The summed E-state index contributed by atoms with van der Waals surface area (Å²) in [5.74, 6) is 0.402. The van der Waals surface area contributed by atoms with Gasteiger partial charge in [0.1, 0.15) is 11.5 Å². The van der Waals surface area contributed by atoms with E-state index < -0.39 is 23.7 Å². The first kappa shape index (κ1) is 10.6. The van der Waals surface area contributed by atoms with Crippen molar-refractivity contribution < 1.29 is 14.9 Å². The van der Waals surface area contributed by atoms with Crippen LogP contribution in [0.25, 0.3) is 10.4 Å². The van der Waals surface area contributed by atoms with Crippen LogP contribution in [0.5, 0.6) is 0 Å². The summed E-state index contributed by atoms with van der Waals surface area (Å²) in [7, 11) is 1.46. The molecule has 2 N–H and O–H groups in total. The SMILES string of the molecule is CO[C@H]1SC[C@@H](O)[C@H](N=[N+]=[N-])[C@H]1O. The van der Waals surface area contributed by atoms with Crippen LogP contribution < -0.4 is 0 Å². The third kappa shape index (κ3) is 2.26. The smallest absolute Gasteiger partial charge is 0.129 e. The number of methoxy groups -OCH3 is 1. The number of aliphatic hydroxyl groups excluding tert-OH is 2. The summed E-state index contributed by atoms with van der Waals surface area (Å²) in [5.41, 5.74) is 7.77. The fourth-order valence-corrected chi connectivity index (χ4v) is 2.27. The van der Waals surface area contributed by atoms with Crippen molar-refractivity contribution in [3.05, 3.63) is 10.4 Å². The third-order valence-electron chi connectivity index (χ3n) is 1.87. The van der Waals surface area contributed by atoms with Gasteiger partial charge in [0.05, 0.1) is 12.1 Å². The average molecular weight is 205 g/mol. The van der Waals surface area contributed by atoms with Crippen molar-refractivity contribution >= 4 is 11.8 Å². The third-order valence-corrected chi connectivity index (χ3v) is 3.21. The summed E-state index contributed by atoms with van der Waals surface area (Å²) in [6, 6.07) is -0.809. The van der Waals surface area contributed by atoms with Crippen molar-refractivity contribution in [2.75, 3.05) is 12.9 Å². The number of rotatable bonds is 2.